The molecule has 0 saturated carbocycles. The molecule has 0 unspecified atom stereocenters. The van der Waals surface area contributed by atoms with Gasteiger partial charge in [-0.25, -0.2) is 0 Å². The summed E-state index contributed by atoms with van der Waals surface area (Å²) in [6.07, 6.45) is 3.59. The van der Waals surface area contributed by atoms with Gasteiger partial charge < -0.3 is 5.32 Å². The molecule has 0 saturated heterocycles. The molecule has 0 fully saturated rings. The smallest absolute Gasteiger partial charge is 0.293 e. The minimum atomic E-state index is -0.458. The molecule has 1 heterocycles. The van der Waals surface area contributed by atoms with Crippen molar-refractivity contribution in [2.45, 2.75) is 19.9 Å². The molecule has 2 aromatic rings. The lowest BCUT2D eigenvalue weighted by Gasteiger charge is -2.09. The number of hydrogen-bond donors (Lipinski definition) is 1. The van der Waals surface area contributed by atoms with Gasteiger partial charge in [0, 0.05) is 36.4 Å². The third-order valence-corrected chi connectivity index (χ3v) is 3.24. The molecule has 1 amide bonds. The normalized spacial score (nSPS) is 11.7. The number of nitrogens with zero attached hydrogens (tertiary/aromatic N) is 2. The fourth-order valence-corrected chi connectivity index (χ4v) is 1.94. The van der Waals surface area contributed by atoms with E-state index in [1.54, 1.807) is 42.9 Å². The summed E-state index contributed by atoms with van der Waals surface area (Å²) in [4.78, 5) is 22.6. The highest BCUT2D eigenvalue weighted by Gasteiger charge is 2.22. The minimum absolute atomic E-state index is 0.00665. The van der Waals surface area contributed by atoms with E-state index in [0.717, 1.165) is 0 Å². The second-order valence-electron chi connectivity index (χ2n) is 4.75. The molecule has 0 radical (unpaired) electrons. The molecular weight excluding hydrogens is 270 g/mol. The average Bonchev–Trinajstić information content (AvgIpc) is 2.49. The van der Waals surface area contributed by atoms with Crippen LogP contribution in [0.3, 0.4) is 0 Å². The maximum Gasteiger partial charge on any atom is 0.293 e. The van der Waals surface area contributed by atoms with E-state index in [0.29, 0.717) is 11.3 Å². The predicted molar refractivity (Wildman–Crippen MR) is 77.8 cm³/mol. The first-order valence-electron chi connectivity index (χ1n) is 6.50. The molecule has 1 N–H and O–H groups in total. The second-order valence-corrected chi connectivity index (χ2v) is 4.75. The maximum atomic E-state index is 12.2. The molecule has 1 aromatic carbocycles. The van der Waals surface area contributed by atoms with Crippen LogP contribution in [0.25, 0.3) is 0 Å². The Hall–Kier alpha value is -2.76. The van der Waals surface area contributed by atoms with Gasteiger partial charge in [0.2, 0.25) is 6.04 Å². The summed E-state index contributed by atoms with van der Waals surface area (Å²) in [7, 11) is 0. The van der Waals surface area contributed by atoms with Gasteiger partial charge in [0.15, 0.2) is 12.4 Å². The third kappa shape index (κ3) is 3.42. The number of anilines is 1. The van der Waals surface area contributed by atoms with Crippen molar-refractivity contribution < 1.29 is 14.3 Å². The first kappa shape index (κ1) is 14.6. The highest BCUT2D eigenvalue weighted by molar-refractivity contribution is 5.92. The van der Waals surface area contributed by atoms with E-state index >= 15 is 0 Å². The van der Waals surface area contributed by atoms with Crippen molar-refractivity contribution >= 4 is 17.3 Å². The van der Waals surface area contributed by atoms with Gasteiger partial charge in [-0.05, 0) is 13.0 Å². The summed E-state index contributed by atoms with van der Waals surface area (Å²) < 4.78 is 1.76. The zero-order chi connectivity index (χ0) is 15.4. The first-order valence-corrected chi connectivity index (χ1v) is 6.50. The van der Waals surface area contributed by atoms with E-state index in [2.05, 4.69) is 5.32 Å². The molecule has 1 aromatic heterocycles. The van der Waals surface area contributed by atoms with Crippen LogP contribution in [0.4, 0.5) is 11.4 Å². The first-order chi connectivity index (χ1) is 9.99. The lowest BCUT2D eigenvalue weighted by Crippen LogP contribution is -2.43. The summed E-state index contributed by atoms with van der Waals surface area (Å²) in [5.41, 5.74) is 0.969. The van der Waals surface area contributed by atoms with Gasteiger partial charge >= 0.3 is 0 Å². The maximum absolute atomic E-state index is 12.2. The summed E-state index contributed by atoms with van der Waals surface area (Å²) in [6, 6.07) is 9.77. The molecule has 0 aliphatic carbocycles. The Morgan fingerprint density at radius 3 is 2.57 bits per heavy atom. The predicted octanol–water partition coefficient (Wildman–Crippen LogP) is 2.39. The number of carbonyl (C=O) groups is 1. The quantitative estimate of drug-likeness (QED) is 0.532. The van der Waals surface area contributed by atoms with E-state index in [9.17, 15) is 14.9 Å². The monoisotopic (exact) mass is 286 g/mol. The van der Waals surface area contributed by atoms with Gasteiger partial charge in [-0.1, -0.05) is 12.1 Å². The van der Waals surface area contributed by atoms with Gasteiger partial charge in [-0.2, -0.15) is 4.57 Å². The summed E-state index contributed by atoms with van der Waals surface area (Å²) in [5.74, 6) is -0.232. The SMILES string of the molecule is Cc1ccc(NC(=O)[C@H](C)[n+]2ccccc2)cc1[N+](=O)[O-]. The Kier molecular flexibility index (Phi) is 4.27. The van der Waals surface area contributed by atoms with E-state index in [-0.39, 0.29) is 11.6 Å². The number of aryl methyl sites for hydroxylation is 1. The number of pyridine rings is 1. The number of benzene rings is 1. The molecule has 0 bridgehead atoms. The van der Waals surface area contributed by atoms with Gasteiger partial charge in [0.25, 0.3) is 11.6 Å². The van der Waals surface area contributed by atoms with Crippen LogP contribution in [0.2, 0.25) is 0 Å². The van der Waals surface area contributed by atoms with Crippen molar-refractivity contribution in [1.29, 1.82) is 0 Å². The van der Waals surface area contributed by atoms with Crippen molar-refractivity contribution in [1.82, 2.24) is 0 Å². The lowest BCUT2D eigenvalue weighted by molar-refractivity contribution is -0.705. The highest BCUT2D eigenvalue weighted by atomic mass is 16.6. The summed E-state index contributed by atoms with van der Waals surface area (Å²) >= 11 is 0. The second kappa shape index (κ2) is 6.13. The number of amides is 1. The molecule has 0 spiro atoms. The molecule has 0 aliphatic rings. The van der Waals surface area contributed by atoms with Crippen LogP contribution in [0.15, 0.2) is 48.8 Å². The van der Waals surface area contributed by atoms with E-state index in [1.807, 2.05) is 18.2 Å². The number of aromatic nitrogens is 1. The number of nitro groups is 1. The number of carbonyl (C=O) groups excluding carboxylic acids is 1. The Bertz CT molecular complexity index is 671. The fourth-order valence-electron chi connectivity index (χ4n) is 1.94. The molecule has 0 aliphatic heterocycles. The zero-order valence-electron chi connectivity index (χ0n) is 11.8. The molecule has 108 valence electrons. The molecule has 1 atom stereocenters. The number of hydrogen-bond acceptors (Lipinski definition) is 3. The van der Waals surface area contributed by atoms with Crippen molar-refractivity contribution in [2.24, 2.45) is 0 Å². The van der Waals surface area contributed by atoms with Crippen molar-refractivity contribution in [2.75, 3.05) is 5.32 Å². The topological polar surface area (TPSA) is 76.1 Å². The highest BCUT2D eigenvalue weighted by Crippen LogP contribution is 2.22. The van der Waals surface area contributed by atoms with E-state index in [4.69, 9.17) is 0 Å². The van der Waals surface area contributed by atoms with Crippen LogP contribution >= 0.6 is 0 Å². The van der Waals surface area contributed by atoms with Gasteiger partial charge in [0.05, 0.1) is 4.92 Å². The van der Waals surface area contributed by atoms with Crippen LogP contribution in [0, 0.1) is 17.0 Å². The number of rotatable bonds is 4. The van der Waals surface area contributed by atoms with Gasteiger partial charge in [0.1, 0.15) is 0 Å². The largest absolute Gasteiger partial charge is 0.320 e. The Balaban J connectivity index is 2.16. The Morgan fingerprint density at radius 1 is 1.29 bits per heavy atom. The van der Waals surface area contributed by atoms with Crippen LogP contribution in [-0.4, -0.2) is 10.8 Å². The summed E-state index contributed by atoms with van der Waals surface area (Å²) in [6.45, 7) is 3.42. The zero-order valence-corrected chi connectivity index (χ0v) is 11.8. The fraction of sp³-hybridized carbons (Fsp3) is 0.200. The third-order valence-electron chi connectivity index (χ3n) is 3.24. The molecule has 6 heteroatoms. The number of nitro benzene ring substituents is 1. The van der Waals surface area contributed by atoms with E-state index < -0.39 is 11.0 Å². The lowest BCUT2D eigenvalue weighted by atomic mass is 10.2. The molecule has 6 nitrogen and oxygen atoms in total. The average molecular weight is 286 g/mol. The van der Waals surface area contributed by atoms with Crippen LogP contribution in [-0.2, 0) is 4.79 Å². The van der Waals surface area contributed by atoms with Crippen molar-refractivity contribution in [3.05, 3.63) is 64.5 Å². The van der Waals surface area contributed by atoms with Crippen molar-refractivity contribution in [3.8, 4) is 0 Å². The van der Waals surface area contributed by atoms with Crippen molar-refractivity contribution in [3.63, 3.8) is 0 Å². The number of nitrogens with one attached hydrogen (secondary N) is 1. The Morgan fingerprint density at radius 2 is 1.95 bits per heavy atom. The van der Waals surface area contributed by atoms with Crippen LogP contribution < -0.4 is 9.88 Å². The van der Waals surface area contributed by atoms with Gasteiger partial charge in [-0.15, -0.1) is 0 Å². The molecule has 21 heavy (non-hydrogen) atoms. The Labute approximate surface area is 122 Å². The van der Waals surface area contributed by atoms with Gasteiger partial charge in [-0.3, -0.25) is 14.9 Å². The van der Waals surface area contributed by atoms with Crippen LogP contribution in [0.1, 0.15) is 18.5 Å². The standard InChI is InChI=1S/C15H15N3O3/c1-11-6-7-13(10-14(11)18(20)21)16-15(19)12(2)17-8-4-3-5-9-17/h3-10,12H,1-2H3/p+1/t12-/m0/s1. The molecule has 2 rings (SSSR count). The van der Waals surface area contributed by atoms with E-state index in [1.165, 1.54) is 6.07 Å². The minimum Gasteiger partial charge on any atom is -0.320 e. The van der Waals surface area contributed by atoms with Crippen LogP contribution in [0.5, 0.6) is 0 Å². The molecular formula is C15H16N3O3+. The summed E-state index contributed by atoms with van der Waals surface area (Å²) in [5, 5.41) is 13.6.